The number of nitrogens with one attached hydrogen (secondary N) is 1. The molecule has 3 saturated heterocycles. The van der Waals surface area contributed by atoms with E-state index in [0.717, 1.165) is 19.6 Å². The number of hydrogen-bond acceptors (Lipinski definition) is 5. The zero-order valence-corrected chi connectivity index (χ0v) is 19.9. The Morgan fingerprint density at radius 1 is 1.18 bits per heavy atom. The van der Waals surface area contributed by atoms with Gasteiger partial charge in [-0.25, -0.2) is 13.2 Å². The summed E-state index contributed by atoms with van der Waals surface area (Å²) in [5.41, 5.74) is -0.240. The predicted octanol–water partition coefficient (Wildman–Crippen LogP) is 2.18. The number of alkyl halides is 3. The fourth-order valence-electron chi connectivity index (χ4n) is 5.17. The lowest BCUT2D eigenvalue weighted by Crippen LogP contribution is -2.56. The second kappa shape index (κ2) is 9.82. The van der Waals surface area contributed by atoms with Gasteiger partial charge >= 0.3 is 12.1 Å². The molecule has 3 aliphatic heterocycles. The number of rotatable bonds is 4. The Hall–Kier alpha value is -2.18. The first-order valence-corrected chi connectivity index (χ1v) is 12.6. The van der Waals surface area contributed by atoms with Gasteiger partial charge in [0.1, 0.15) is 0 Å². The number of halogens is 3. The molecule has 4 rings (SSSR count). The van der Waals surface area contributed by atoms with Gasteiger partial charge < -0.3 is 15.3 Å². The molecule has 0 radical (unpaired) electrons. The zero-order chi connectivity index (χ0) is 25.3. The van der Waals surface area contributed by atoms with Gasteiger partial charge in [-0.3, -0.25) is 4.79 Å². The summed E-state index contributed by atoms with van der Waals surface area (Å²) in [5, 5.41) is 10.4. The molecule has 8 nitrogen and oxygen atoms in total. The maximum Gasteiger partial charge on any atom is 0.490 e. The minimum atomic E-state index is -5.08. The first-order chi connectivity index (χ1) is 15.8. The molecule has 2 N–H and O–H groups in total. The number of likely N-dealkylation sites (tertiary alicyclic amines) is 1. The van der Waals surface area contributed by atoms with Crippen molar-refractivity contribution >= 4 is 21.9 Å². The fraction of sp³-hybridized carbons (Fsp3) is 0.636. The molecule has 3 fully saturated rings. The van der Waals surface area contributed by atoms with Gasteiger partial charge in [0.25, 0.3) is 0 Å². The van der Waals surface area contributed by atoms with Gasteiger partial charge in [-0.05, 0) is 30.9 Å². The number of benzene rings is 1. The van der Waals surface area contributed by atoms with Crippen LogP contribution in [0.5, 0.6) is 0 Å². The lowest BCUT2D eigenvalue weighted by atomic mass is 9.76. The predicted molar refractivity (Wildman–Crippen MR) is 117 cm³/mol. The van der Waals surface area contributed by atoms with Crippen LogP contribution in [0.4, 0.5) is 13.2 Å². The average Bonchev–Trinajstić information content (AvgIpc) is 3.27. The summed E-state index contributed by atoms with van der Waals surface area (Å²) in [6, 6.07) is 8.62. The van der Waals surface area contributed by atoms with Crippen LogP contribution in [0.3, 0.4) is 0 Å². The average molecular weight is 506 g/mol. The third kappa shape index (κ3) is 5.55. The van der Waals surface area contributed by atoms with Crippen molar-refractivity contribution in [2.75, 3.05) is 32.7 Å². The summed E-state index contributed by atoms with van der Waals surface area (Å²) in [4.78, 5) is 24.2. The van der Waals surface area contributed by atoms with Gasteiger partial charge in [-0.1, -0.05) is 32.0 Å². The van der Waals surface area contributed by atoms with Crippen LogP contribution in [-0.4, -0.2) is 79.0 Å². The number of carbonyl (C=O) groups excluding carboxylic acids is 1. The molecule has 3 heterocycles. The van der Waals surface area contributed by atoms with Gasteiger partial charge in [0.15, 0.2) is 0 Å². The summed E-state index contributed by atoms with van der Waals surface area (Å²) in [5.74, 6) is -1.66. The molecule has 3 aliphatic rings. The molecule has 0 aromatic heterocycles. The van der Waals surface area contributed by atoms with Crippen molar-refractivity contribution in [3.8, 4) is 0 Å². The SMILES string of the molecule is CC(C)CN1C[C@H]2C(=O)NC3(CCN(S(=O)(=O)c4ccccc4)CC3)[C@H]2C1.O=C(O)C(F)(F)F. The zero-order valence-electron chi connectivity index (χ0n) is 19.1. The van der Waals surface area contributed by atoms with Crippen molar-refractivity contribution < 1.29 is 36.3 Å². The Labute approximate surface area is 197 Å². The van der Waals surface area contributed by atoms with E-state index in [0.29, 0.717) is 42.7 Å². The van der Waals surface area contributed by atoms with E-state index in [1.54, 1.807) is 28.6 Å². The molecule has 1 aromatic rings. The molecule has 1 amide bonds. The standard InChI is InChI=1S/C20H29N3O3S.C2HF3O2/c1-15(2)12-22-13-17-18(14-22)20(21-19(17)24)8-10-23(11-9-20)27(25,26)16-6-4-3-5-7-16;3-2(4,5)1(6)7/h3-7,15,17-18H,8-14H2,1-2H3,(H,21,24);(H,6,7)/t17-,18+;/m1./s1. The maximum atomic E-state index is 12.9. The number of carboxylic acids is 1. The van der Waals surface area contributed by atoms with Crippen molar-refractivity contribution in [1.29, 1.82) is 0 Å². The number of hydrogen-bond donors (Lipinski definition) is 2. The fourth-order valence-corrected chi connectivity index (χ4v) is 6.63. The van der Waals surface area contributed by atoms with Crippen molar-refractivity contribution in [3.05, 3.63) is 30.3 Å². The Bertz CT molecular complexity index is 993. The largest absolute Gasteiger partial charge is 0.490 e. The van der Waals surface area contributed by atoms with E-state index in [1.165, 1.54) is 0 Å². The van der Waals surface area contributed by atoms with Crippen LogP contribution in [0, 0.1) is 17.8 Å². The number of carboxylic acid groups (broad SMARTS) is 1. The smallest absolute Gasteiger partial charge is 0.475 e. The number of fused-ring (bicyclic) bond motifs is 2. The highest BCUT2D eigenvalue weighted by Crippen LogP contribution is 2.44. The van der Waals surface area contributed by atoms with Gasteiger partial charge in [0.2, 0.25) is 15.9 Å². The summed E-state index contributed by atoms with van der Waals surface area (Å²) in [6.45, 7) is 8.13. The highest BCUT2D eigenvalue weighted by atomic mass is 32.2. The molecule has 0 unspecified atom stereocenters. The van der Waals surface area contributed by atoms with E-state index in [1.807, 2.05) is 6.07 Å². The highest BCUT2D eigenvalue weighted by Gasteiger charge is 2.57. The van der Waals surface area contributed by atoms with E-state index in [-0.39, 0.29) is 17.4 Å². The summed E-state index contributed by atoms with van der Waals surface area (Å²) >= 11 is 0. The van der Waals surface area contributed by atoms with E-state index in [4.69, 9.17) is 9.90 Å². The first-order valence-electron chi connectivity index (χ1n) is 11.2. The molecular formula is C22H30F3N3O5S. The van der Waals surface area contributed by atoms with Gasteiger partial charge in [-0.15, -0.1) is 0 Å². The van der Waals surface area contributed by atoms with Crippen LogP contribution in [0.2, 0.25) is 0 Å². The van der Waals surface area contributed by atoms with E-state index >= 15 is 0 Å². The number of carbonyl (C=O) groups is 2. The van der Waals surface area contributed by atoms with Crippen molar-refractivity contribution in [2.45, 2.75) is 43.3 Å². The van der Waals surface area contributed by atoms with Crippen LogP contribution in [0.1, 0.15) is 26.7 Å². The second-order valence-corrected chi connectivity index (χ2v) is 11.4. The molecule has 1 spiro atoms. The quantitative estimate of drug-likeness (QED) is 0.650. The topological polar surface area (TPSA) is 107 Å². The lowest BCUT2D eigenvalue weighted by Gasteiger charge is -2.42. The summed E-state index contributed by atoms with van der Waals surface area (Å²) in [7, 11) is -3.46. The number of nitrogens with zero attached hydrogens (tertiary/aromatic N) is 2. The Morgan fingerprint density at radius 3 is 2.24 bits per heavy atom. The minimum absolute atomic E-state index is 0.0565. The number of aliphatic carboxylic acids is 1. The van der Waals surface area contributed by atoms with E-state index in [2.05, 4.69) is 24.1 Å². The maximum absolute atomic E-state index is 12.9. The monoisotopic (exact) mass is 505 g/mol. The van der Waals surface area contributed by atoms with Crippen molar-refractivity contribution in [2.24, 2.45) is 17.8 Å². The molecule has 0 aliphatic carbocycles. The number of sulfonamides is 1. The minimum Gasteiger partial charge on any atom is -0.475 e. The molecular weight excluding hydrogens is 475 g/mol. The molecule has 1 aromatic carbocycles. The van der Waals surface area contributed by atoms with E-state index < -0.39 is 22.2 Å². The van der Waals surface area contributed by atoms with E-state index in [9.17, 15) is 26.4 Å². The Kier molecular flexibility index (Phi) is 7.63. The summed E-state index contributed by atoms with van der Waals surface area (Å²) < 4.78 is 59.1. The third-order valence-electron chi connectivity index (χ3n) is 6.68. The molecule has 0 bridgehead atoms. The summed E-state index contributed by atoms with van der Waals surface area (Å²) in [6.07, 6.45) is -3.69. The second-order valence-electron chi connectivity index (χ2n) is 9.49. The highest BCUT2D eigenvalue weighted by molar-refractivity contribution is 7.89. The van der Waals surface area contributed by atoms with Crippen LogP contribution in [0.25, 0.3) is 0 Å². The van der Waals surface area contributed by atoms with Crippen LogP contribution in [0.15, 0.2) is 35.2 Å². The first kappa shape index (κ1) is 26.4. The molecule has 2 atom stereocenters. The van der Waals surface area contributed by atoms with Gasteiger partial charge in [0, 0.05) is 44.2 Å². The molecule has 190 valence electrons. The van der Waals surface area contributed by atoms with Crippen LogP contribution < -0.4 is 5.32 Å². The van der Waals surface area contributed by atoms with Crippen molar-refractivity contribution in [1.82, 2.24) is 14.5 Å². The third-order valence-corrected chi connectivity index (χ3v) is 8.59. The van der Waals surface area contributed by atoms with Gasteiger partial charge in [0.05, 0.1) is 10.8 Å². The Balaban J connectivity index is 0.000000406. The number of piperidine rings is 1. The molecule has 12 heteroatoms. The van der Waals surface area contributed by atoms with Gasteiger partial charge in [-0.2, -0.15) is 17.5 Å². The van der Waals surface area contributed by atoms with Crippen molar-refractivity contribution in [3.63, 3.8) is 0 Å². The normalized spacial score (nSPS) is 25.1. The molecule has 0 saturated carbocycles. The molecule has 34 heavy (non-hydrogen) atoms. The Morgan fingerprint density at radius 2 is 1.74 bits per heavy atom. The lowest BCUT2D eigenvalue weighted by molar-refractivity contribution is -0.192. The number of amides is 1. The van der Waals surface area contributed by atoms with Crippen LogP contribution >= 0.6 is 0 Å². The van der Waals surface area contributed by atoms with Crippen LogP contribution in [-0.2, 0) is 19.6 Å².